The van der Waals surface area contributed by atoms with Crippen LogP contribution in [0.2, 0.25) is 5.02 Å². The van der Waals surface area contributed by atoms with Gasteiger partial charge in [0, 0.05) is 7.05 Å². The molecule has 0 saturated heterocycles. The smallest absolute Gasteiger partial charge is 0.253 e. The molecule has 0 radical (unpaired) electrons. The molecule has 1 aromatic rings. The fourth-order valence-corrected chi connectivity index (χ4v) is 1.35. The molecular formula is C9H9ClN2O2. The number of benzene rings is 1. The van der Waals surface area contributed by atoms with Gasteiger partial charge in [-0.25, -0.2) is 0 Å². The van der Waals surface area contributed by atoms with Gasteiger partial charge in [0.05, 0.1) is 16.1 Å². The molecule has 1 aromatic carbocycles. The van der Waals surface area contributed by atoms with Gasteiger partial charge in [-0.2, -0.15) is 0 Å². The standard InChI is InChI=1S/C9H9ClN2O2/c1-12-9(14)7-5(8(11)13)3-2-4-6(7)10/h2-4H,1H3,(H2,11,13)(H,12,14). The minimum absolute atomic E-state index is 0.115. The Balaban J connectivity index is 3.36. The second-order valence-corrected chi connectivity index (χ2v) is 3.01. The fraction of sp³-hybridized carbons (Fsp3) is 0.111. The third-order valence-corrected chi connectivity index (χ3v) is 2.05. The van der Waals surface area contributed by atoms with E-state index in [4.69, 9.17) is 17.3 Å². The number of carbonyl (C=O) groups is 2. The maximum atomic E-state index is 11.4. The number of amides is 2. The summed E-state index contributed by atoms with van der Waals surface area (Å²) in [4.78, 5) is 22.3. The van der Waals surface area contributed by atoms with E-state index in [-0.39, 0.29) is 16.1 Å². The van der Waals surface area contributed by atoms with Crippen LogP contribution < -0.4 is 11.1 Å². The zero-order valence-electron chi connectivity index (χ0n) is 7.50. The van der Waals surface area contributed by atoms with Gasteiger partial charge in [0.2, 0.25) is 5.91 Å². The summed E-state index contributed by atoms with van der Waals surface area (Å²) in [5.74, 6) is -1.10. The van der Waals surface area contributed by atoms with Gasteiger partial charge >= 0.3 is 0 Å². The first-order valence-electron chi connectivity index (χ1n) is 3.88. The molecule has 3 N–H and O–H groups in total. The highest BCUT2D eigenvalue weighted by Gasteiger charge is 2.16. The maximum absolute atomic E-state index is 11.4. The maximum Gasteiger partial charge on any atom is 0.253 e. The van der Waals surface area contributed by atoms with Crippen LogP contribution >= 0.6 is 11.6 Å². The summed E-state index contributed by atoms with van der Waals surface area (Å²) in [6.07, 6.45) is 0. The summed E-state index contributed by atoms with van der Waals surface area (Å²) >= 11 is 5.78. The van der Waals surface area contributed by atoms with Crippen molar-refractivity contribution in [3.05, 3.63) is 34.3 Å². The highest BCUT2D eigenvalue weighted by molar-refractivity contribution is 6.34. The Kier molecular flexibility index (Phi) is 3.09. The molecule has 0 spiro atoms. The predicted octanol–water partition coefficient (Wildman–Crippen LogP) is 0.798. The van der Waals surface area contributed by atoms with E-state index >= 15 is 0 Å². The first kappa shape index (κ1) is 10.5. The number of hydrogen-bond acceptors (Lipinski definition) is 2. The lowest BCUT2D eigenvalue weighted by molar-refractivity contribution is 0.0943. The predicted molar refractivity (Wildman–Crippen MR) is 53.4 cm³/mol. The first-order chi connectivity index (χ1) is 6.57. The van der Waals surface area contributed by atoms with Gasteiger partial charge in [0.15, 0.2) is 0 Å². The van der Waals surface area contributed by atoms with Crippen LogP contribution in [0.15, 0.2) is 18.2 Å². The van der Waals surface area contributed by atoms with Gasteiger partial charge in [-0.15, -0.1) is 0 Å². The molecule has 0 heterocycles. The summed E-state index contributed by atoms with van der Waals surface area (Å²) in [6.45, 7) is 0. The molecule has 0 bridgehead atoms. The molecule has 5 heteroatoms. The van der Waals surface area contributed by atoms with Gasteiger partial charge < -0.3 is 11.1 Å². The second-order valence-electron chi connectivity index (χ2n) is 2.61. The summed E-state index contributed by atoms with van der Waals surface area (Å²) in [6, 6.07) is 4.55. The van der Waals surface area contributed by atoms with Crippen molar-refractivity contribution in [2.45, 2.75) is 0 Å². The zero-order chi connectivity index (χ0) is 10.7. The molecule has 0 unspecified atom stereocenters. The number of nitrogens with one attached hydrogen (secondary N) is 1. The monoisotopic (exact) mass is 212 g/mol. The van der Waals surface area contributed by atoms with E-state index in [0.29, 0.717) is 0 Å². The lowest BCUT2D eigenvalue weighted by Gasteiger charge is -2.06. The number of primary amides is 1. The first-order valence-corrected chi connectivity index (χ1v) is 4.26. The molecule has 1 rings (SSSR count). The Morgan fingerprint density at radius 1 is 1.43 bits per heavy atom. The van der Waals surface area contributed by atoms with Crippen LogP contribution in [0, 0.1) is 0 Å². The summed E-state index contributed by atoms with van der Waals surface area (Å²) in [5.41, 5.74) is 5.34. The molecule has 74 valence electrons. The van der Waals surface area contributed by atoms with E-state index in [0.717, 1.165) is 0 Å². The van der Waals surface area contributed by atoms with Crippen LogP contribution in [0.5, 0.6) is 0 Å². The van der Waals surface area contributed by atoms with Crippen LogP contribution in [0.4, 0.5) is 0 Å². The summed E-state index contributed by atoms with van der Waals surface area (Å²) < 4.78 is 0. The van der Waals surface area contributed by atoms with Crippen LogP contribution in [0.3, 0.4) is 0 Å². The van der Waals surface area contributed by atoms with Gasteiger partial charge in [-0.3, -0.25) is 9.59 Å². The lowest BCUT2D eigenvalue weighted by atomic mass is 10.1. The lowest BCUT2D eigenvalue weighted by Crippen LogP contribution is -2.24. The Morgan fingerprint density at radius 2 is 2.07 bits per heavy atom. The van der Waals surface area contributed by atoms with E-state index in [2.05, 4.69) is 5.32 Å². The highest BCUT2D eigenvalue weighted by atomic mass is 35.5. The molecular weight excluding hydrogens is 204 g/mol. The van der Waals surface area contributed by atoms with E-state index in [1.54, 1.807) is 6.07 Å². The normalized spacial score (nSPS) is 9.57. The minimum Gasteiger partial charge on any atom is -0.366 e. The van der Waals surface area contributed by atoms with Gasteiger partial charge in [0.1, 0.15) is 0 Å². The largest absolute Gasteiger partial charge is 0.366 e. The van der Waals surface area contributed by atoms with Gasteiger partial charge in [-0.1, -0.05) is 17.7 Å². The number of halogens is 1. The molecule has 14 heavy (non-hydrogen) atoms. The molecule has 2 amide bonds. The van der Waals surface area contributed by atoms with E-state index in [9.17, 15) is 9.59 Å². The van der Waals surface area contributed by atoms with Crippen molar-refractivity contribution in [3.63, 3.8) is 0 Å². The summed E-state index contributed by atoms with van der Waals surface area (Å²) in [5, 5.41) is 2.60. The Morgan fingerprint density at radius 3 is 2.57 bits per heavy atom. The molecule has 0 saturated carbocycles. The third kappa shape index (κ3) is 1.85. The second kappa shape index (κ2) is 4.11. The van der Waals surface area contributed by atoms with Crippen molar-refractivity contribution in [1.29, 1.82) is 0 Å². The molecule has 0 aliphatic heterocycles. The van der Waals surface area contributed by atoms with Crippen LogP contribution in [-0.2, 0) is 0 Å². The Hall–Kier alpha value is -1.55. The van der Waals surface area contributed by atoms with E-state index in [1.807, 2.05) is 0 Å². The average Bonchev–Trinajstić information content (AvgIpc) is 2.16. The molecule has 0 aromatic heterocycles. The molecule has 0 aliphatic carbocycles. The number of rotatable bonds is 2. The summed E-state index contributed by atoms with van der Waals surface area (Å²) in [7, 11) is 1.45. The van der Waals surface area contributed by atoms with Crippen molar-refractivity contribution in [1.82, 2.24) is 5.32 Å². The highest BCUT2D eigenvalue weighted by Crippen LogP contribution is 2.19. The molecule has 0 aliphatic rings. The van der Waals surface area contributed by atoms with Crippen LogP contribution in [0.25, 0.3) is 0 Å². The topological polar surface area (TPSA) is 72.2 Å². The van der Waals surface area contributed by atoms with Crippen molar-refractivity contribution >= 4 is 23.4 Å². The van der Waals surface area contributed by atoms with E-state index < -0.39 is 11.8 Å². The molecule has 0 fully saturated rings. The third-order valence-electron chi connectivity index (χ3n) is 1.73. The number of nitrogens with two attached hydrogens (primary N) is 1. The van der Waals surface area contributed by atoms with Gasteiger partial charge in [-0.05, 0) is 12.1 Å². The zero-order valence-corrected chi connectivity index (χ0v) is 8.26. The Labute approximate surface area is 86.0 Å². The number of carbonyl (C=O) groups excluding carboxylic acids is 2. The fourth-order valence-electron chi connectivity index (χ4n) is 1.09. The van der Waals surface area contributed by atoms with Crippen LogP contribution in [-0.4, -0.2) is 18.9 Å². The van der Waals surface area contributed by atoms with Crippen LogP contribution in [0.1, 0.15) is 20.7 Å². The number of hydrogen-bond donors (Lipinski definition) is 2. The molecule has 4 nitrogen and oxygen atoms in total. The average molecular weight is 213 g/mol. The van der Waals surface area contributed by atoms with Crippen molar-refractivity contribution in [2.24, 2.45) is 5.73 Å². The quantitative estimate of drug-likeness (QED) is 0.761. The van der Waals surface area contributed by atoms with Gasteiger partial charge in [0.25, 0.3) is 5.91 Å². The van der Waals surface area contributed by atoms with Crippen molar-refractivity contribution in [3.8, 4) is 0 Å². The Bertz CT molecular complexity index is 390. The minimum atomic E-state index is -0.675. The van der Waals surface area contributed by atoms with E-state index in [1.165, 1.54) is 19.2 Å². The van der Waals surface area contributed by atoms with Crippen molar-refractivity contribution in [2.75, 3.05) is 7.05 Å². The molecule has 0 atom stereocenters. The SMILES string of the molecule is CNC(=O)c1c(Cl)cccc1C(N)=O. The van der Waals surface area contributed by atoms with Crippen molar-refractivity contribution < 1.29 is 9.59 Å².